The van der Waals surface area contributed by atoms with Gasteiger partial charge in [0.15, 0.2) is 11.5 Å². The normalized spacial score (nSPS) is 20.1. The van der Waals surface area contributed by atoms with E-state index in [1.165, 1.54) is 0 Å². The second-order valence-corrected chi connectivity index (χ2v) is 9.98. The number of methoxy groups -OCH3 is 2. The molecule has 2 aromatic carbocycles. The number of hydrogen-bond donors (Lipinski definition) is 2. The quantitative estimate of drug-likeness (QED) is 0.467. The van der Waals surface area contributed by atoms with Gasteiger partial charge in [0.1, 0.15) is 5.82 Å². The Bertz CT molecular complexity index is 1280. The average molecular weight is 515 g/mol. The third-order valence-corrected chi connectivity index (χ3v) is 7.68. The fourth-order valence-electron chi connectivity index (χ4n) is 5.81. The molecule has 38 heavy (non-hydrogen) atoms. The second kappa shape index (κ2) is 11.1. The fourth-order valence-corrected chi connectivity index (χ4v) is 5.81. The van der Waals surface area contributed by atoms with Crippen molar-refractivity contribution in [3.05, 3.63) is 83.0 Å². The Morgan fingerprint density at radius 3 is 2.32 bits per heavy atom. The number of benzene rings is 2. The van der Waals surface area contributed by atoms with E-state index in [2.05, 4.69) is 20.5 Å². The van der Waals surface area contributed by atoms with E-state index in [4.69, 9.17) is 9.47 Å². The van der Waals surface area contributed by atoms with Crippen LogP contribution in [0.3, 0.4) is 0 Å². The fraction of sp³-hybridized carbons (Fsp3) is 0.367. The summed E-state index contributed by atoms with van der Waals surface area (Å²) in [4.78, 5) is 32.8. The number of carbonyl (C=O) groups is 2. The molecular formula is C30H34N4O4. The first kappa shape index (κ1) is 25.6. The molecule has 2 bridgehead atoms. The maximum Gasteiger partial charge on any atom is 0.253 e. The summed E-state index contributed by atoms with van der Waals surface area (Å²) in [5, 5.41) is 6.21. The van der Waals surface area contributed by atoms with E-state index in [1.54, 1.807) is 32.5 Å². The van der Waals surface area contributed by atoms with E-state index >= 15 is 0 Å². The molecule has 198 valence electrons. The number of nitrogens with one attached hydrogen (secondary N) is 2. The first-order chi connectivity index (χ1) is 18.5. The first-order valence-corrected chi connectivity index (χ1v) is 13.1. The number of amides is 2. The Hall–Kier alpha value is -4.07. The summed E-state index contributed by atoms with van der Waals surface area (Å²) in [6.45, 7) is 2.35. The van der Waals surface area contributed by atoms with E-state index in [1.807, 2.05) is 49.4 Å². The number of rotatable bonds is 8. The molecule has 1 aromatic heterocycles. The molecule has 3 atom stereocenters. The predicted octanol–water partition coefficient (Wildman–Crippen LogP) is 4.27. The van der Waals surface area contributed by atoms with E-state index in [0.717, 1.165) is 42.6 Å². The summed E-state index contributed by atoms with van der Waals surface area (Å²) in [6.07, 6.45) is 5.49. The summed E-state index contributed by atoms with van der Waals surface area (Å²) in [7, 11) is 3.17. The highest BCUT2D eigenvalue weighted by atomic mass is 16.5. The Labute approximate surface area is 223 Å². The van der Waals surface area contributed by atoms with Gasteiger partial charge in [0.25, 0.3) is 11.8 Å². The van der Waals surface area contributed by atoms with Gasteiger partial charge in [-0.15, -0.1) is 0 Å². The number of anilines is 1. The topological polar surface area (TPSA) is 92.8 Å². The molecule has 2 fully saturated rings. The molecule has 3 heterocycles. The molecular weight excluding hydrogens is 480 g/mol. The summed E-state index contributed by atoms with van der Waals surface area (Å²) in [5.74, 6) is 1.85. The summed E-state index contributed by atoms with van der Waals surface area (Å²) < 4.78 is 10.8. The summed E-state index contributed by atoms with van der Waals surface area (Å²) >= 11 is 0. The number of pyridine rings is 1. The van der Waals surface area contributed by atoms with E-state index in [0.29, 0.717) is 41.3 Å². The van der Waals surface area contributed by atoms with Gasteiger partial charge in [0.2, 0.25) is 0 Å². The number of fused-ring (bicyclic) bond motifs is 2. The lowest BCUT2D eigenvalue weighted by atomic mass is 9.96. The van der Waals surface area contributed by atoms with E-state index in [-0.39, 0.29) is 17.9 Å². The molecule has 2 N–H and O–H groups in total. The minimum atomic E-state index is -0.136. The predicted molar refractivity (Wildman–Crippen MR) is 146 cm³/mol. The van der Waals surface area contributed by atoms with Crippen LogP contribution in [0.4, 0.5) is 5.82 Å². The minimum Gasteiger partial charge on any atom is -0.493 e. The highest BCUT2D eigenvalue weighted by Gasteiger charge is 2.42. The van der Waals surface area contributed by atoms with Crippen molar-refractivity contribution in [3.63, 3.8) is 0 Å². The van der Waals surface area contributed by atoms with Gasteiger partial charge < -0.3 is 25.0 Å². The van der Waals surface area contributed by atoms with Crippen molar-refractivity contribution in [2.24, 2.45) is 0 Å². The Balaban J connectivity index is 1.20. The summed E-state index contributed by atoms with van der Waals surface area (Å²) in [6, 6.07) is 17.9. The van der Waals surface area contributed by atoms with Gasteiger partial charge in [-0.1, -0.05) is 30.3 Å². The molecule has 2 saturated heterocycles. The van der Waals surface area contributed by atoms with Crippen LogP contribution >= 0.6 is 0 Å². The van der Waals surface area contributed by atoms with E-state index in [9.17, 15) is 9.59 Å². The van der Waals surface area contributed by atoms with Gasteiger partial charge in [-0.05, 0) is 62.4 Å². The number of hydrogen-bond acceptors (Lipinski definition) is 6. The number of ether oxygens (including phenoxy) is 2. The van der Waals surface area contributed by atoms with Crippen LogP contribution in [0.1, 0.15) is 57.5 Å². The number of piperidine rings is 1. The zero-order chi connectivity index (χ0) is 26.6. The van der Waals surface area contributed by atoms with Gasteiger partial charge in [-0.3, -0.25) is 9.59 Å². The standard InChI is InChI=1S/C30H34N4O4/c1-19-25(12-13-26(37-2)28(19)38-3)30(36)33-22-15-23-10-11-24(16-22)34(23)27-14-9-21(18-31-27)29(35)32-17-20-7-5-4-6-8-20/h4-9,12-14,18,22-24H,10-11,15-17H2,1-3H3,(H,32,35)(H,33,36)/t22-,23+,24-. The molecule has 0 spiro atoms. The highest BCUT2D eigenvalue weighted by Crippen LogP contribution is 2.39. The van der Waals surface area contributed by atoms with Crippen molar-refractivity contribution in [3.8, 4) is 11.5 Å². The molecule has 8 nitrogen and oxygen atoms in total. The molecule has 8 heteroatoms. The highest BCUT2D eigenvalue weighted by molar-refractivity contribution is 5.97. The molecule has 2 aliphatic heterocycles. The molecule has 5 rings (SSSR count). The number of nitrogens with zero attached hydrogens (tertiary/aromatic N) is 2. The minimum absolute atomic E-state index is 0.0896. The molecule has 2 aliphatic rings. The molecule has 0 radical (unpaired) electrons. The molecule has 0 saturated carbocycles. The van der Waals surface area contributed by atoms with Gasteiger partial charge >= 0.3 is 0 Å². The largest absolute Gasteiger partial charge is 0.493 e. The van der Waals surface area contributed by atoms with Gasteiger partial charge in [0, 0.05) is 42.0 Å². The molecule has 2 amide bonds. The zero-order valence-corrected chi connectivity index (χ0v) is 22.1. The van der Waals surface area contributed by atoms with E-state index < -0.39 is 0 Å². The maximum atomic E-state index is 13.2. The van der Waals surface area contributed by atoms with Crippen molar-refractivity contribution in [2.45, 2.75) is 57.3 Å². The molecule has 0 unspecified atom stereocenters. The lowest BCUT2D eigenvalue weighted by Crippen LogP contribution is -2.50. The Morgan fingerprint density at radius 1 is 0.947 bits per heavy atom. The van der Waals surface area contributed by atoms with Crippen molar-refractivity contribution in [1.29, 1.82) is 0 Å². The van der Waals surface area contributed by atoms with Crippen molar-refractivity contribution in [2.75, 3.05) is 19.1 Å². The summed E-state index contributed by atoms with van der Waals surface area (Å²) in [5.41, 5.74) is 2.96. The third-order valence-electron chi connectivity index (χ3n) is 7.68. The average Bonchev–Trinajstić information content (AvgIpc) is 3.21. The first-order valence-electron chi connectivity index (χ1n) is 13.1. The lowest BCUT2D eigenvalue weighted by molar-refractivity contribution is 0.0923. The van der Waals surface area contributed by atoms with Crippen LogP contribution in [-0.4, -0.2) is 49.1 Å². The Morgan fingerprint density at radius 2 is 1.68 bits per heavy atom. The maximum absolute atomic E-state index is 13.2. The van der Waals surface area contributed by atoms with Crippen LogP contribution < -0.4 is 25.0 Å². The number of carbonyl (C=O) groups excluding carboxylic acids is 2. The van der Waals surface area contributed by atoms with Crippen molar-refractivity contribution >= 4 is 17.6 Å². The smallest absolute Gasteiger partial charge is 0.253 e. The zero-order valence-electron chi connectivity index (χ0n) is 22.1. The Kier molecular flexibility index (Phi) is 7.49. The van der Waals surface area contributed by atoms with Gasteiger partial charge in [0.05, 0.1) is 19.8 Å². The SMILES string of the molecule is COc1ccc(C(=O)N[C@H]2C[C@H]3CC[C@@H](C2)N3c2ccc(C(=O)NCc3ccccc3)cn2)c(C)c1OC. The van der Waals surface area contributed by atoms with Crippen LogP contribution in [0.15, 0.2) is 60.8 Å². The lowest BCUT2D eigenvalue weighted by Gasteiger charge is -2.40. The van der Waals surface area contributed by atoms with Crippen LogP contribution in [0.25, 0.3) is 0 Å². The van der Waals surface area contributed by atoms with Crippen LogP contribution in [0, 0.1) is 6.92 Å². The van der Waals surface area contributed by atoms with Crippen LogP contribution in [0.5, 0.6) is 11.5 Å². The third kappa shape index (κ3) is 5.16. The monoisotopic (exact) mass is 514 g/mol. The second-order valence-electron chi connectivity index (χ2n) is 9.98. The van der Waals surface area contributed by atoms with Crippen LogP contribution in [-0.2, 0) is 6.54 Å². The number of aromatic nitrogens is 1. The van der Waals surface area contributed by atoms with Crippen LogP contribution in [0.2, 0.25) is 0 Å². The van der Waals surface area contributed by atoms with Crippen molar-refractivity contribution in [1.82, 2.24) is 15.6 Å². The van der Waals surface area contributed by atoms with Gasteiger partial charge in [-0.25, -0.2) is 4.98 Å². The van der Waals surface area contributed by atoms with Crippen molar-refractivity contribution < 1.29 is 19.1 Å². The molecule has 3 aromatic rings. The van der Waals surface area contributed by atoms with Gasteiger partial charge in [-0.2, -0.15) is 0 Å². The molecule has 0 aliphatic carbocycles.